The van der Waals surface area contributed by atoms with E-state index in [9.17, 15) is 8.42 Å². The highest BCUT2D eigenvalue weighted by Gasteiger charge is 2.47. The summed E-state index contributed by atoms with van der Waals surface area (Å²) in [5.41, 5.74) is 5.83. The van der Waals surface area contributed by atoms with Crippen molar-refractivity contribution in [1.82, 2.24) is 30.1 Å². The lowest BCUT2D eigenvalue weighted by atomic mass is 9.90. The molecular formula is C34H35N7O4S2. The maximum absolute atomic E-state index is 14.2. The molecule has 0 spiro atoms. The zero-order valence-corrected chi connectivity index (χ0v) is 27.7. The predicted octanol–water partition coefficient (Wildman–Crippen LogP) is 6.25. The number of nitrogens with zero attached hydrogens (tertiary/aromatic N) is 6. The van der Waals surface area contributed by atoms with Gasteiger partial charge in [0.15, 0.2) is 9.84 Å². The molecule has 0 amide bonds. The first-order valence-electron chi connectivity index (χ1n) is 16.6. The molecule has 4 aliphatic rings. The molecule has 2 unspecified atom stereocenters. The molecule has 0 radical (unpaired) electrons. The Labute approximate surface area is 276 Å². The van der Waals surface area contributed by atoms with Crippen LogP contribution in [0.5, 0.6) is 0 Å². The van der Waals surface area contributed by atoms with Crippen molar-refractivity contribution in [1.29, 1.82) is 0 Å². The van der Waals surface area contributed by atoms with E-state index in [1.54, 1.807) is 13.3 Å². The van der Waals surface area contributed by atoms with Gasteiger partial charge in [0.05, 0.1) is 43.9 Å². The summed E-state index contributed by atoms with van der Waals surface area (Å²) in [5.74, 6) is 2.30. The smallest absolute Gasteiger partial charge is 0.250 e. The molecule has 2 fully saturated rings. The van der Waals surface area contributed by atoms with Crippen LogP contribution in [0.2, 0.25) is 0 Å². The first-order chi connectivity index (χ1) is 22.9. The number of anilines is 1. The molecule has 1 N–H and O–H groups in total. The van der Waals surface area contributed by atoms with Gasteiger partial charge in [-0.3, -0.25) is 9.97 Å². The minimum atomic E-state index is -3.63. The molecule has 0 aromatic carbocycles. The number of nitrogens with one attached hydrogen (secondary N) is 1. The summed E-state index contributed by atoms with van der Waals surface area (Å²) < 4.78 is 40.9. The average molecular weight is 670 g/mol. The molecule has 5 aromatic heterocycles. The summed E-state index contributed by atoms with van der Waals surface area (Å²) in [5, 5.41) is 12.3. The molecule has 242 valence electrons. The second-order valence-corrected chi connectivity index (χ2v) is 16.3. The zero-order valence-electron chi connectivity index (χ0n) is 26.1. The molecule has 2 atom stereocenters. The lowest BCUT2D eigenvalue weighted by molar-refractivity contribution is 0.0639. The van der Waals surface area contributed by atoms with Crippen molar-refractivity contribution in [2.24, 2.45) is 11.8 Å². The van der Waals surface area contributed by atoms with E-state index in [2.05, 4.69) is 36.5 Å². The highest BCUT2D eigenvalue weighted by Crippen LogP contribution is 2.54. The summed E-state index contributed by atoms with van der Waals surface area (Å²) >= 11 is 1.50. The van der Waals surface area contributed by atoms with E-state index < -0.39 is 9.84 Å². The molecular weight excluding hydrogens is 635 g/mol. The van der Waals surface area contributed by atoms with E-state index in [1.807, 2.05) is 18.3 Å². The first-order valence-corrected chi connectivity index (χ1v) is 19.0. The molecule has 13 heteroatoms. The molecule has 0 bridgehead atoms. The van der Waals surface area contributed by atoms with Crippen LogP contribution in [0.1, 0.15) is 79.0 Å². The lowest BCUT2D eigenvalue weighted by Crippen LogP contribution is -2.17. The second kappa shape index (κ2) is 11.4. The molecule has 7 heterocycles. The third kappa shape index (κ3) is 5.23. The Morgan fingerprint density at radius 3 is 2.72 bits per heavy atom. The fourth-order valence-corrected chi connectivity index (χ4v) is 11.0. The van der Waals surface area contributed by atoms with Gasteiger partial charge >= 0.3 is 0 Å². The average Bonchev–Trinajstić information content (AvgIpc) is 3.36. The van der Waals surface area contributed by atoms with Gasteiger partial charge in [-0.1, -0.05) is 6.07 Å². The topological polar surface area (TPSA) is 146 Å². The quantitative estimate of drug-likeness (QED) is 0.200. The molecule has 2 aliphatic heterocycles. The Morgan fingerprint density at radius 2 is 1.91 bits per heavy atom. The number of pyridine rings is 2. The van der Waals surface area contributed by atoms with Crippen LogP contribution in [-0.2, 0) is 27.4 Å². The van der Waals surface area contributed by atoms with Crippen LogP contribution in [0, 0.1) is 18.8 Å². The van der Waals surface area contributed by atoms with Crippen molar-refractivity contribution in [2.45, 2.75) is 75.1 Å². The Hall–Kier alpha value is -3.81. The summed E-state index contributed by atoms with van der Waals surface area (Å²) in [6.45, 7) is 3.29. The van der Waals surface area contributed by atoms with Crippen LogP contribution >= 0.6 is 11.3 Å². The van der Waals surface area contributed by atoms with Gasteiger partial charge in [0.25, 0.3) is 0 Å². The number of rotatable bonds is 8. The molecule has 5 aromatic rings. The van der Waals surface area contributed by atoms with Crippen molar-refractivity contribution < 1.29 is 17.6 Å². The maximum Gasteiger partial charge on any atom is 0.250 e. The number of ether oxygens (including phenoxy) is 1. The standard InChI is InChI=1S/C34H35N7O4S2/c1-18-40-41-34(45-18)28-25(7-4-19-10-13-44-14-11-19)38-30-22(20-5-6-20)16-47(42,43)32(30)29(28)27-15-26-31(46-27)33(37-17-36-26)39-24-9-8-23-21(24)3-2-12-35-23/h2-3,12,15,17,19-20,22,24H,4-11,13-14,16H2,1H3,(H,36,37,39). The van der Waals surface area contributed by atoms with Gasteiger partial charge in [-0.25, -0.2) is 18.4 Å². The summed E-state index contributed by atoms with van der Waals surface area (Å²) in [7, 11) is -3.63. The number of aromatic nitrogens is 6. The summed E-state index contributed by atoms with van der Waals surface area (Å²) in [6, 6.07) is 6.16. The van der Waals surface area contributed by atoms with Gasteiger partial charge in [0, 0.05) is 48.4 Å². The van der Waals surface area contributed by atoms with E-state index in [1.165, 1.54) is 16.9 Å². The Balaban J connectivity index is 1.22. The highest BCUT2D eigenvalue weighted by molar-refractivity contribution is 7.92. The van der Waals surface area contributed by atoms with Crippen molar-refractivity contribution in [3.05, 3.63) is 59.3 Å². The largest absolute Gasteiger partial charge is 0.421 e. The van der Waals surface area contributed by atoms with Crippen molar-refractivity contribution in [3.63, 3.8) is 0 Å². The second-order valence-electron chi connectivity index (χ2n) is 13.3. The van der Waals surface area contributed by atoms with Crippen LogP contribution < -0.4 is 5.32 Å². The van der Waals surface area contributed by atoms with Gasteiger partial charge in [-0.05, 0) is 80.9 Å². The van der Waals surface area contributed by atoms with Gasteiger partial charge in [-0.2, -0.15) is 0 Å². The third-order valence-electron chi connectivity index (χ3n) is 10.2. The predicted molar refractivity (Wildman–Crippen MR) is 177 cm³/mol. The molecule has 1 saturated carbocycles. The van der Waals surface area contributed by atoms with Crippen LogP contribution in [0.15, 0.2) is 40.0 Å². The number of aryl methyl sites for hydroxylation is 3. The Kier molecular flexibility index (Phi) is 7.13. The van der Waals surface area contributed by atoms with Crippen molar-refractivity contribution in [2.75, 3.05) is 24.3 Å². The molecule has 1 saturated heterocycles. The molecule has 47 heavy (non-hydrogen) atoms. The van der Waals surface area contributed by atoms with Crippen LogP contribution in [0.3, 0.4) is 0 Å². The van der Waals surface area contributed by atoms with E-state index in [0.717, 1.165) is 90.5 Å². The van der Waals surface area contributed by atoms with Gasteiger partial charge in [0.2, 0.25) is 11.8 Å². The first kappa shape index (κ1) is 29.3. The number of hydrogen-bond donors (Lipinski definition) is 1. The Morgan fingerprint density at radius 1 is 1.04 bits per heavy atom. The van der Waals surface area contributed by atoms with Crippen LogP contribution in [0.25, 0.3) is 32.1 Å². The zero-order chi connectivity index (χ0) is 31.7. The number of fused-ring (bicyclic) bond motifs is 3. The van der Waals surface area contributed by atoms with Gasteiger partial charge in [0.1, 0.15) is 12.1 Å². The van der Waals surface area contributed by atoms with Gasteiger partial charge < -0.3 is 14.5 Å². The number of hydrogen-bond acceptors (Lipinski definition) is 12. The monoisotopic (exact) mass is 669 g/mol. The van der Waals surface area contributed by atoms with E-state index in [-0.39, 0.29) is 17.7 Å². The molecule has 9 rings (SSSR count). The van der Waals surface area contributed by atoms with E-state index in [4.69, 9.17) is 14.1 Å². The van der Waals surface area contributed by atoms with Gasteiger partial charge in [-0.15, -0.1) is 21.5 Å². The third-order valence-corrected chi connectivity index (χ3v) is 13.2. The fraction of sp³-hybridized carbons (Fsp3) is 0.471. The van der Waals surface area contributed by atoms with Crippen LogP contribution in [-0.4, -0.2) is 57.5 Å². The van der Waals surface area contributed by atoms with E-state index in [0.29, 0.717) is 51.8 Å². The minimum absolute atomic E-state index is 0.0842. The van der Waals surface area contributed by atoms with Crippen LogP contribution in [0.4, 0.5) is 5.82 Å². The number of thiophene rings is 1. The summed E-state index contributed by atoms with van der Waals surface area (Å²) in [6.07, 6.45) is 10.9. The summed E-state index contributed by atoms with van der Waals surface area (Å²) in [4.78, 5) is 20.2. The van der Waals surface area contributed by atoms with Crippen molar-refractivity contribution >= 4 is 37.2 Å². The van der Waals surface area contributed by atoms with Crippen molar-refractivity contribution in [3.8, 4) is 21.9 Å². The minimum Gasteiger partial charge on any atom is -0.421 e. The Bertz CT molecular complexity index is 2120. The highest BCUT2D eigenvalue weighted by atomic mass is 32.2. The normalized spacial score (nSPS) is 22.1. The maximum atomic E-state index is 14.2. The van der Waals surface area contributed by atoms with E-state index >= 15 is 0 Å². The number of sulfone groups is 1. The fourth-order valence-electron chi connectivity index (χ4n) is 7.69. The lowest BCUT2D eigenvalue weighted by Gasteiger charge is -2.23. The molecule has 2 aliphatic carbocycles. The SMILES string of the molecule is Cc1nnc(-c2c(CCC3CCOCC3)nc3c(c2-c2cc4ncnc(NC5CCc6ncccc65)c4s2)S(=O)(=O)CC3C2CC2)o1. The molecule has 11 nitrogen and oxygen atoms in total.